The molecule has 2 rings (SSSR count). The van der Waals surface area contributed by atoms with Crippen molar-refractivity contribution in [2.24, 2.45) is 0 Å². The third-order valence-corrected chi connectivity index (χ3v) is 4.25. The number of rotatable bonds is 4. The number of likely N-dealkylation sites (N-methyl/N-ethyl adjacent to an activating group) is 1. The second-order valence-electron chi connectivity index (χ2n) is 4.73. The number of thiophene rings is 1. The minimum Gasteiger partial charge on any atom is -0.308 e. The lowest BCUT2D eigenvalue weighted by Gasteiger charge is -2.22. The molecule has 1 aromatic heterocycles. The summed E-state index contributed by atoms with van der Waals surface area (Å²) in [5.74, 6) is 0.226. The summed E-state index contributed by atoms with van der Waals surface area (Å²) in [7, 11) is 1.82. The van der Waals surface area contributed by atoms with Crippen LogP contribution in [0.25, 0.3) is 10.1 Å². The van der Waals surface area contributed by atoms with Gasteiger partial charge in [-0.25, -0.2) is 0 Å². The van der Waals surface area contributed by atoms with Crippen molar-refractivity contribution in [3.63, 3.8) is 0 Å². The maximum atomic E-state index is 12.1. The van der Waals surface area contributed by atoms with Crippen LogP contribution in [0, 0.1) is 0 Å². The summed E-state index contributed by atoms with van der Waals surface area (Å²) in [4.78, 5) is 12.1. The molecule has 3 heteroatoms. The van der Waals surface area contributed by atoms with Gasteiger partial charge in [0.2, 0.25) is 0 Å². The van der Waals surface area contributed by atoms with Crippen LogP contribution in [0.4, 0.5) is 0 Å². The van der Waals surface area contributed by atoms with Gasteiger partial charge in [0, 0.05) is 11.1 Å². The number of carbonyl (C=O) groups excluding carboxylic acids is 1. The molecule has 0 aliphatic rings. The molecule has 0 unspecified atom stereocenters. The number of fused-ring (bicyclic) bond motifs is 1. The minimum atomic E-state index is -0.455. The Morgan fingerprint density at radius 1 is 1.35 bits per heavy atom. The van der Waals surface area contributed by atoms with E-state index in [1.807, 2.05) is 33.0 Å². The van der Waals surface area contributed by atoms with E-state index in [0.29, 0.717) is 6.42 Å². The van der Waals surface area contributed by atoms with Gasteiger partial charge >= 0.3 is 0 Å². The SMILES string of the molecule is CNC(C)(C)C(=O)Cc1csc2ccccc12. The van der Waals surface area contributed by atoms with E-state index in [1.54, 1.807) is 11.3 Å². The first kappa shape index (κ1) is 12.3. The molecule has 1 N–H and O–H groups in total. The lowest BCUT2D eigenvalue weighted by atomic mass is 9.94. The van der Waals surface area contributed by atoms with E-state index in [-0.39, 0.29) is 5.78 Å². The number of hydrogen-bond acceptors (Lipinski definition) is 3. The van der Waals surface area contributed by atoms with Crippen LogP contribution in [0.1, 0.15) is 19.4 Å². The smallest absolute Gasteiger partial charge is 0.156 e. The number of hydrogen-bond donors (Lipinski definition) is 1. The van der Waals surface area contributed by atoms with E-state index in [1.165, 1.54) is 10.1 Å². The topological polar surface area (TPSA) is 29.1 Å². The Hall–Kier alpha value is -1.19. The molecule has 2 nitrogen and oxygen atoms in total. The summed E-state index contributed by atoms with van der Waals surface area (Å²) in [5, 5.41) is 6.35. The second-order valence-corrected chi connectivity index (χ2v) is 5.64. The molecule has 0 saturated carbocycles. The molecule has 17 heavy (non-hydrogen) atoms. The first-order valence-corrected chi connectivity index (χ1v) is 6.60. The molecule has 1 heterocycles. The summed E-state index contributed by atoms with van der Waals surface area (Å²) in [6.45, 7) is 3.84. The predicted molar refractivity (Wildman–Crippen MR) is 73.7 cm³/mol. The fourth-order valence-corrected chi connectivity index (χ4v) is 2.67. The van der Waals surface area contributed by atoms with Gasteiger partial charge in [0.1, 0.15) is 0 Å². The molecular weight excluding hydrogens is 230 g/mol. The molecule has 0 fully saturated rings. The third kappa shape index (κ3) is 2.40. The van der Waals surface area contributed by atoms with Crippen LogP contribution in [0.3, 0.4) is 0 Å². The molecule has 2 aromatic rings. The number of benzene rings is 1. The highest BCUT2D eigenvalue weighted by atomic mass is 32.1. The summed E-state index contributed by atoms with van der Waals surface area (Å²) < 4.78 is 1.25. The average molecular weight is 247 g/mol. The van der Waals surface area contributed by atoms with Crippen LogP contribution in [-0.2, 0) is 11.2 Å². The van der Waals surface area contributed by atoms with Crippen molar-refractivity contribution in [3.8, 4) is 0 Å². The lowest BCUT2D eigenvalue weighted by molar-refractivity contribution is -0.123. The summed E-state index contributed by atoms with van der Waals surface area (Å²) in [6, 6.07) is 8.23. The third-order valence-electron chi connectivity index (χ3n) is 3.23. The lowest BCUT2D eigenvalue weighted by Crippen LogP contribution is -2.45. The zero-order chi connectivity index (χ0) is 12.5. The summed E-state index contributed by atoms with van der Waals surface area (Å²) >= 11 is 1.70. The summed E-state index contributed by atoms with van der Waals surface area (Å²) in [6.07, 6.45) is 0.498. The van der Waals surface area contributed by atoms with Crippen LogP contribution in [0.15, 0.2) is 29.6 Å². The second kappa shape index (κ2) is 4.59. The van der Waals surface area contributed by atoms with E-state index in [9.17, 15) is 4.79 Å². The molecule has 0 atom stereocenters. The zero-order valence-corrected chi connectivity index (χ0v) is 11.2. The largest absolute Gasteiger partial charge is 0.308 e. The average Bonchev–Trinajstić information content (AvgIpc) is 2.73. The van der Waals surface area contributed by atoms with Gasteiger partial charge < -0.3 is 5.32 Å². The van der Waals surface area contributed by atoms with Crippen molar-refractivity contribution in [1.82, 2.24) is 5.32 Å². The highest BCUT2D eigenvalue weighted by Gasteiger charge is 2.25. The van der Waals surface area contributed by atoms with Crippen LogP contribution < -0.4 is 5.32 Å². The van der Waals surface area contributed by atoms with Crippen molar-refractivity contribution in [2.75, 3.05) is 7.05 Å². The fraction of sp³-hybridized carbons (Fsp3) is 0.357. The Bertz CT molecular complexity index is 542. The first-order chi connectivity index (χ1) is 8.04. The van der Waals surface area contributed by atoms with Crippen molar-refractivity contribution >= 4 is 27.2 Å². The van der Waals surface area contributed by atoms with Crippen molar-refractivity contribution in [2.45, 2.75) is 25.8 Å². The normalized spacial score (nSPS) is 11.9. The van der Waals surface area contributed by atoms with Crippen LogP contribution in [0.5, 0.6) is 0 Å². The monoisotopic (exact) mass is 247 g/mol. The predicted octanol–water partition coefficient (Wildman–Crippen LogP) is 3.01. The molecule has 0 saturated heterocycles. The first-order valence-electron chi connectivity index (χ1n) is 5.72. The highest BCUT2D eigenvalue weighted by molar-refractivity contribution is 7.17. The Balaban J connectivity index is 2.28. The van der Waals surface area contributed by atoms with Gasteiger partial charge in [0.25, 0.3) is 0 Å². The van der Waals surface area contributed by atoms with Crippen LogP contribution >= 0.6 is 11.3 Å². The molecule has 0 amide bonds. The standard InChI is InChI=1S/C14H17NOS/c1-14(2,15-3)13(16)8-10-9-17-12-7-5-4-6-11(10)12/h4-7,9,15H,8H2,1-3H3. The molecule has 0 radical (unpaired) electrons. The van der Waals surface area contributed by atoms with Crippen molar-refractivity contribution in [1.29, 1.82) is 0 Å². The quantitative estimate of drug-likeness (QED) is 0.900. The van der Waals surface area contributed by atoms with Gasteiger partial charge in [-0.05, 0) is 43.3 Å². The van der Waals surface area contributed by atoms with Gasteiger partial charge in [0.05, 0.1) is 5.54 Å². The van der Waals surface area contributed by atoms with E-state index >= 15 is 0 Å². The van der Waals surface area contributed by atoms with Gasteiger partial charge in [-0.15, -0.1) is 11.3 Å². The minimum absolute atomic E-state index is 0.226. The molecule has 1 aromatic carbocycles. The fourth-order valence-electron chi connectivity index (χ4n) is 1.70. The van der Waals surface area contributed by atoms with E-state index in [4.69, 9.17) is 0 Å². The highest BCUT2D eigenvalue weighted by Crippen LogP contribution is 2.26. The Kier molecular flexibility index (Phi) is 3.31. The van der Waals surface area contributed by atoms with Gasteiger partial charge in [0.15, 0.2) is 5.78 Å². The van der Waals surface area contributed by atoms with Crippen molar-refractivity contribution < 1.29 is 4.79 Å². The van der Waals surface area contributed by atoms with E-state index in [2.05, 4.69) is 22.8 Å². The maximum absolute atomic E-state index is 12.1. The molecular formula is C14H17NOS. The molecule has 0 bridgehead atoms. The number of ketones is 1. The van der Waals surface area contributed by atoms with Crippen molar-refractivity contribution in [3.05, 3.63) is 35.2 Å². The molecule has 0 aliphatic heterocycles. The van der Waals surface area contributed by atoms with E-state index < -0.39 is 5.54 Å². The van der Waals surface area contributed by atoms with Gasteiger partial charge in [-0.1, -0.05) is 18.2 Å². The van der Waals surface area contributed by atoms with Gasteiger partial charge in [-0.2, -0.15) is 0 Å². The number of nitrogens with one attached hydrogen (secondary N) is 1. The van der Waals surface area contributed by atoms with E-state index in [0.717, 1.165) is 5.56 Å². The Labute approximate surface area is 106 Å². The molecule has 0 spiro atoms. The van der Waals surface area contributed by atoms with Crippen LogP contribution in [0.2, 0.25) is 0 Å². The van der Waals surface area contributed by atoms with Crippen LogP contribution in [-0.4, -0.2) is 18.4 Å². The zero-order valence-electron chi connectivity index (χ0n) is 10.4. The Morgan fingerprint density at radius 3 is 2.76 bits per heavy atom. The van der Waals surface area contributed by atoms with Gasteiger partial charge in [-0.3, -0.25) is 4.79 Å². The number of Topliss-reactive ketones (excluding diaryl/α,β-unsaturated/α-hetero) is 1. The maximum Gasteiger partial charge on any atom is 0.156 e. The molecule has 0 aliphatic carbocycles. The number of carbonyl (C=O) groups is 1. The Morgan fingerprint density at radius 2 is 2.06 bits per heavy atom. The molecule has 90 valence electrons. The summed E-state index contributed by atoms with van der Waals surface area (Å²) in [5.41, 5.74) is 0.683.